The summed E-state index contributed by atoms with van der Waals surface area (Å²) in [5.41, 5.74) is 0.694. The van der Waals surface area contributed by atoms with Gasteiger partial charge in [-0.05, 0) is 31.2 Å². The lowest BCUT2D eigenvalue weighted by Crippen LogP contribution is -2.22. The van der Waals surface area contributed by atoms with Gasteiger partial charge in [-0.2, -0.15) is 0 Å². The van der Waals surface area contributed by atoms with E-state index in [4.69, 9.17) is 10.0 Å². The highest BCUT2D eigenvalue weighted by Gasteiger charge is 2.01. The SMILES string of the molecule is CCNC(=O)c1ccc(Br)cc1.O[B]O. The first-order valence-corrected chi connectivity index (χ1v) is 5.08. The molecule has 6 heteroatoms. The van der Waals surface area contributed by atoms with Crippen molar-refractivity contribution in [2.24, 2.45) is 0 Å². The summed E-state index contributed by atoms with van der Waals surface area (Å²) in [7, 11) is 0. The molecule has 0 aliphatic carbocycles. The van der Waals surface area contributed by atoms with Crippen molar-refractivity contribution in [2.45, 2.75) is 6.92 Å². The number of halogens is 1. The van der Waals surface area contributed by atoms with Crippen molar-refractivity contribution in [3.8, 4) is 0 Å². The first-order chi connectivity index (χ1) is 7.15. The monoisotopic (exact) mass is 272 g/mol. The molecule has 0 bridgehead atoms. The van der Waals surface area contributed by atoms with Gasteiger partial charge in [0.2, 0.25) is 0 Å². The minimum atomic E-state index is -0.0231. The summed E-state index contributed by atoms with van der Waals surface area (Å²) in [6.45, 7) is 2.56. The van der Waals surface area contributed by atoms with Crippen LogP contribution in [0.15, 0.2) is 28.7 Å². The predicted octanol–water partition coefficient (Wildman–Crippen LogP) is 0.704. The molecular weight excluding hydrogens is 261 g/mol. The number of carbonyl (C=O) groups is 1. The Morgan fingerprint density at radius 3 is 2.27 bits per heavy atom. The van der Waals surface area contributed by atoms with Crippen LogP contribution in [0.25, 0.3) is 0 Å². The standard InChI is InChI=1S/C9H10BrNO.BH2O2/c1-2-11-9(12)7-3-5-8(10)6-4-7;2-1-3/h3-6H,2H2,1H3,(H,11,12);2-3H. The van der Waals surface area contributed by atoms with Crippen LogP contribution in [0.1, 0.15) is 17.3 Å². The third-order valence-electron chi connectivity index (χ3n) is 1.44. The van der Waals surface area contributed by atoms with E-state index in [1.54, 1.807) is 12.1 Å². The van der Waals surface area contributed by atoms with E-state index in [1.165, 1.54) is 0 Å². The number of rotatable bonds is 2. The highest BCUT2D eigenvalue weighted by atomic mass is 79.9. The molecule has 1 amide bonds. The third kappa shape index (κ3) is 6.27. The normalized spacial score (nSPS) is 8.53. The average Bonchev–Trinajstić information content (AvgIpc) is 2.20. The number of benzene rings is 1. The summed E-state index contributed by atoms with van der Waals surface area (Å²) in [4.78, 5) is 11.2. The smallest absolute Gasteiger partial charge is 0.429 e. The summed E-state index contributed by atoms with van der Waals surface area (Å²) >= 11 is 3.30. The molecule has 0 unspecified atom stereocenters. The number of hydrogen-bond acceptors (Lipinski definition) is 3. The van der Waals surface area contributed by atoms with Crippen LogP contribution >= 0.6 is 15.9 Å². The van der Waals surface area contributed by atoms with E-state index in [9.17, 15) is 4.79 Å². The van der Waals surface area contributed by atoms with Crippen LogP contribution in [-0.2, 0) is 0 Å². The molecule has 0 heterocycles. The van der Waals surface area contributed by atoms with Crippen LogP contribution in [0.2, 0.25) is 0 Å². The average molecular weight is 273 g/mol. The first kappa shape index (κ1) is 14.2. The van der Waals surface area contributed by atoms with Gasteiger partial charge in [-0.25, -0.2) is 0 Å². The van der Waals surface area contributed by atoms with Gasteiger partial charge in [0.05, 0.1) is 0 Å². The van der Waals surface area contributed by atoms with Gasteiger partial charge < -0.3 is 15.4 Å². The number of amides is 1. The first-order valence-electron chi connectivity index (χ1n) is 4.29. The van der Waals surface area contributed by atoms with Crippen molar-refractivity contribution in [2.75, 3.05) is 6.54 Å². The lowest BCUT2D eigenvalue weighted by Gasteiger charge is -2.00. The van der Waals surface area contributed by atoms with E-state index in [2.05, 4.69) is 21.2 Å². The Bertz CT molecular complexity index is 292. The summed E-state index contributed by atoms with van der Waals surface area (Å²) in [6, 6.07) is 7.28. The Kier molecular flexibility index (Phi) is 7.99. The lowest BCUT2D eigenvalue weighted by atomic mass is 10.2. The highest BCUT2D eigenvalue weighted by Crippen LogP contribution is 2.10. The van der Waals surface area contributed by atoms with Crippen molar-refractivity contribution >= 4 is 29.5 Å². The van der Waals surface area contributed by atoms with Gasteiger partial charge in [-0.1, -0.05) is 15.9 Å². The van der Waals surface area contributed by atoms with E-state index < -0.39 is 0 Å². The molecule has 0 aromatic heterocycles. The predicted molar refractivity (Wildman–Crippen MR) is 62.3 cm³/mol. The molecule has 4 nitrogen and oxygen atoms in total. The molecular formula is C9H12BBrNO3. The number of hydrogen-bond donors (Lipinski definition) is 3. The summed E-state index contributed by atoms with van der Waals surface area (Å²) in [5, 5.41) is 16.7. The van der Waals surface area contributed by atoms with Gasteiger partial charge in [0.15, 0.2) is 0 Å². The Balaban J connectivity index is 0.000000583. The Morgan fingerprint density at radius 2 is 1.87 bits per heavy atom. The molecule has 0 saturated carbocycles. The van der Waals surface area contributed by atoms with Gasteiger partial charge >= 0.3 is 7.69 Å². The zero-order chi connectivity index (χ0) is 11.7. The number of carbonyl (C=O) groups excluding carboxylic acids is 1. The Labute approximate surface area is 97.8 Å². The van der Waals surface area contributed by atoms with Crippen LogP contribution in [0.5, 0.6) is 0 Å². The summed E-state index contributed by atoms with van der Waals surface area (Å²) < 4.78 is 0.982. The van der Waals surface area contributed by atoms with E-state index in [1.807, 2.05) is 19.1 Å². The zero-order valence-electron chi connectivity index (χ0n) is 8.27. The highest BCUT2D eigenvalue weighted by molar-refractivity contribution is 9.10. The van der Waals surface area contributed by atoms with Crippen molar-refractivity contribution in [1.29, 1.82) is 0 Å². The van der Waals surface area contributed by atoms with Gasteiger partial charge in [0.1, 0.15) is 0 Å². The van der Waals surface area contributed by atoms with Gasteiger partial charge in [-0.3, -0.25) is 4.79 Å². The molecule has 1 rings (SSSR count). The molecule has 0 spiro atoms. The molecule has 0 atom stereocenters. The van der Waals surface area contributed by atoms with Crippen LogP contribution in [0, 0.1) is 0 Å². The zero-order valence-corrected chi connectivity index (χ0v) is 9.86. The second kappa shape index (κ2) is 8.46. The minimum Gasteiger partial charge on any atom is -0.429 e. The lowest BCUT2D eigenvalue weighted by molar-refractivity contribution is 0.0956. The van der Waals surface area contributed by atoms with Crippen molar-refractivity contribution < 1.29 is 14.8 Å². The molecule has 15 heavy (non-hydrogen) atoms. The number of nitrogens with one attached hydrogen (secondary N) is 1. The molecule has 81 valence electrons. The fourth-order valence-electron chi connectivity index (χ4n) is 0.864. The third-order valence-corrected chi connectivity index (χ3v) is 1.97. The van der Waals surface area contributed by atoms with Gasteiger partial charge in [0, 0.05) is 16.6 Å². The van der Waals surface area contributed by atoms with E-state index >= 15 is 0 Å². The van der Waals surface area contributed by atoms with Crippen LogP contribution in [-0.4, -0.2) is 30.2 Å². The molecule has 1 aromatic rings. The minimum absolute atomic E-state index is 0. The Hall–Kier alpha value is -0.845. The largest absolute Gasteiger partial charge is 0.482 e. The second-order valence-electron chi connectivity index (χ2n) is 2.48. The topological polar surface area (TPSA) is 69.6 Å². The van der Waals surface area contributed by atoms with Crippen LogP contribution in [0.4, 0.5) is 0 Å². The summed E-state index contributed by atoms with van der Waals surface area (Å²) in [5.74, 6) is -0.0231. The van der Waals surface area contributed by atoms with E-state index in [0.717, 1.165) is 4.47 Å². The van der Waals surface area contributed by atoms with Crippen molar-refractivity contribution in [3.63, 3.8) is 0 Å². The molecule has 1 aromatic carbocycles. The maximum atomic E-state index is 11.2. The molecule has 3 N–H and O–H groups in total. The molecule has 0 aliphatic heterocycles. The van der Waals surface area contributed by atoms with Gasteiger partial charge in [-0.15, -0.1) is 0 Å². The quantitative estimate of drug-likeness (QED) is 0.695. The molecule has 0 saturated heterocycles. The maximum Gasteiger partial charge on any atom is 0.482 e. The fourth-order valence-corrected chi connectivity index (χ4v) is 1.13. The van der Waals surface area contributed by atoms with Gasteiger partial charge in [0.25, 0.3) is 5.91 Å². The Morgan fingerprint density at radius 1 is 1.40 bits per heavy atom. The second-order valence-corrected chi connectivity index (χ2v) is 3.40. The molecule has 0 fully saturated rings. The van der Waals surface area contributed by atoms with Crippen molar-refractivity contribution in [1.82, 2.24) is 5.32 Å². The van der Waals surface area contributed by atoms with Crippen molar-refractivity contribution in [3.05, 3.63) is 34.3 Å². The van der Waals surface area contributed by atoms with Crippen LogP contribution in [0.3, 0.4) is 0 Å². The summed E-state index contributed by atoms with van der Waals surface area (Å²) in [6.07, 6.45) is 0. The fraction of sp³-hybridized carbons (Fsp3) is 0.222. The van der Waals surface area contributed by atoms with E-state index in [0.29, 0.717) is 12.1 Å². The maximum absolute atomic E-state index is 11.2. The van der Waals surface area contributed by atoms with Crippen LogP contribution < -0.4 is 5.32 Å². The van der Waals surface area contributed by atoms with E-state index in [-0.39, 0.29) is 13.6 Å². The molecule has 0 aliphatic rings. The molecule has 1 radical (unpaired) electrons.